The first-order chi connectivity index (χ1) is 16.4. The van der Waals surface area contributed by atoms with E-state index in [4.69, 9.17) is 0 Å². The van der Waals surface area contributed by atoms with Gasteiger partial charge in [-0.2, -0.15) is 5.10 Å². The lowest BCUT2D eigenvalue weighted by atomic mass is 10.2. The van der Waals surface area contributed by atoms with Gasteiger partial charge >= 0.3 is 0 Å². The molecule has 34 heavy (non-hydrogen) atoms. The number of carbonyl (C=O) groups excluding carboxylic acids is 1. The molecule has 0 saturated carbocycles. The summed E-state index contributed by atoms with van der Waals surface area (Å²) in [6.45, 7) is 10.5. The quantitative estimate of drug-likeness (QED) is 0.469. The zero-order chi connectivity index (χ0) is 23.8. The lowest BCUT2D eigenvalue weighted by molar-refractivity contribution is 0.0745. The summed E-state index contributed by atoms with van der Waals surface area (Å²) in [4.78, 5) is 31.0. The first-order valence-corrected chi connectivity index (χ1v) is 11.4. The number of hydrogen-bond acceptors (Lipinski definition) is 6. The average Bonchev–Trinajstić information content (AvgIpc) is 3.40. The van der Waals surface area contributed by atoms with Gasteiger partial charge in [0.05, 0.1) is 28.8 Å². The van der Waals surface area contributed by atoms with Gasteiger partial charge in [0.15, 0.2) is 0 Å². The van der Waals surface area contributed by atoms with E-state index in [2.05, 4.69) is 25.0 Å². The molecule has 1 aliphatic rings. The maximum Gasteiger partial charge on any atom is 0.257 e. The second-order valence-corrected chi connectivity index (χ2v) is 8.59. The van der Waals surface area contributed by atoms with Crippen LogP contribution in [0, 0.1) is 27.7 Å². The summed E-state index contributed by atoms with van der Waals surface area (Å²) < 4.78 is 3.80. The molecule has 5 rings (SSSR count). The van der Waals surface area contributed by atoms with Gasteiger partial charge in [-0.3, -0.25) is 9.36 Å². The third kappa shape index (κ3) is 3.93. The van der Waals surface area contributed by atoms with Crippen molar-refractivity contribution < 1.29 is 4.79 Å². The SMILES string of the molecule is Cc1nc(N2CCN(C(=O)c3cnn(-c4ccccc4)c3C)CC2)cc(-n2cnc(C)c2C)n1. The number of rotatable bonds is 4. The van der Waals surface area contributed by atoms with Crippen molar-refractivity contribution in [1.29, 1.82) is 0 Å². The lowest BCUT2D eigenvalue weighted by Gasteiger charge is -2.35. The fourth-order valence-corrected chi connectivity index (χ4v) is 4.31. The molecule has 0 aliphatic carbocycles. The van der Waals surface area contributed by atoms with Crippen molar-refractivity contribution in [3.8, 4) is 11.5 Å². The average molecular weight is 457 g/mol. The normalized spacial score (nSPS) is 14.0. The molecule has 3 aromatic heterocycles. The minimum absolute atomic E-state index is 0.0170. The molecule has 0 spiro atoms. The number of benzene rings is 1. The van der Waals surface area contributed by atoms with E-state index in [1.54, 1.807) is 12.5 Å². The van der Waals surface area contributed by atoms with Crippen LogP contribution >= 0.6 is 0 Å². The predicted molar refractivity (Wildman–Crippen MR) is 130 cm³/mol. The lowest BCUT2D eigenvalue weighted by Crippen LogP contribution is -2.49. The monoisotopic (exact) mass is 456 g/mol. The molecule has 1 amide bonds. The highest BCUT2D eigenvalue weighted by Gasteiger charge is 2.26. The van der Waals surface area contributed by atoms with Gasteiger partial charge in [0.25, 0.3) is 5.91 Å². The van der Waals surface area contributed by atoms with E-state index in [-0.39, 0.29) is 5.91 Å². The van der Waals surface area contributed by atoms with Crippen molar-refractivity contribution in [3.05, 3.63) is 77.4 Å². The number of amides is 1. The Balaban J connectivity index is 1.31. The molecular formula is C25H28N8O. The van der Waals surface area contributed by atoms with Gasteiger partial charge in [-0.05, 0) is 39.8 Å². The number of aromatic nitrogens is 6. The van der Waals surface area contributed by atoms with E-state index >= 15 is 0 Å². The number of carbonyl (C=O) groups is 1. The van der Waals surface area contributed by atoms with Gasteiger partial charge < -0.3 is 9.80 Å². The summed E-state index contributed by atoms with van der Waals surface area (Å²) in [5.41, 5.74) is 4.48. The van der Waals surface area contributed by atoms with Gasteiger partial charge in [0.2, 0.25) is 0 Å². The minimum Gasteiger partial charge on any atom is -0.353 e. The molecule has 4 heterocycles. The molecule has 9 nitrogen and oxygen atoms in total. The summed E-state index contributed by atoms with van der Waals surface area (Å²) in [5, 5.41) is 4.46. The molecule has 1 saturated heterocycles. The van der Waals surface area contributed by atoms with Crippen LogP contribution in [0.4, 0.5) is 5.82 Å². The molecule has 1 fully saturated rings. The van der Waals surface area contributed by atoms with E-state index in [0.717, 1.165) is 34.4 Å². The number of aryl methyl sites for hydroxylation is 2. The molecule has 0 radical (unpaired) electrons. The van der Waals surface area contributed by atoms with E-state index in [1.807, 2.05) is 78.2 Å². The third-order valence-corrected chi connectivity index (χ3v) is 6.44. The number of piperazine rings is 1. The number of nitrogens with zero attached hydrogens (tertiary/aromatic N) is 8. The van der Waals surface area contributed by atoms with E-state index in [9.17, 15) is 4.79 Å². The highest BCUT2D eigenvalue weighted by Crippen LogP contribution is 2.21. The van der Waals surface area contributed by atoms with Crippen LogP contribution in [0.3, 0.4) is 0 Å². The molecule has 1 aliphatic heterocycles. The third-order valence-electron chi connectivity index (χ3n) is 6.44. The Kier molecular flexibility index (Phi) is 5.61. The van der Waals surface area contributed by atoms with Crippen molar-refractivity contribution in [2.24, 2.45) is 0 Å². The molecule has 0 N–H and O–H groups in total. The topological polar surface area (TPSA) is 85.0 Å². The van der Waals surface area contributed by atoms with E-state index in [1.165, 1.54) is 0 Å². The Labute approximate surface area is 198 Å². The maximum atomic E-state index is 13.3. The van der Waals surface area contributed by atoms with Gasteiger partial charge in [-0.25, -0.2) is 19.6 Å². The van der Waals surface area contributed by atoms with E-state index < -0.39 is 0 Å². The second kappa shape index (κ2) is 8.74. The van der Waals surface area contributed by atoms with Crippen molar-refractivity contribution in [1.82, 2.24) is 34.2 Å². The van der Waals surface area contributed by atoms with Crippen LogP contribution in [0.15, 0.2) is 48.9 Å². The second-order valence-electron chi connectivity index (χ2n) is 8.59. The fraction of sp³-hybridized carbons (Fsp3) is 0.320. The number of anilines is 1. The largest absolute Gasteiger partial charge is 0.353 e. The molecule has 0 atom stereocenters. The van der Waals surface area contributed by atoms with Crippen LogP contribution in [0.1, 0.15) is 33.3 Å². The number of hydrogen-bond donors (Lipinski definition) is 0. The first kappa shape index (κ1) is 21.8. The van der Waals surface area contributed by atoms with Crippen LogP contribution < -0.4 is 4.90 Å². The Hall–Kier alpha value is -4.01. The van der Waals surface area contributed by atoms with Crippen LogP contribution in [0.2, 0.25) is 0 Å². The Morgan fingerprint density at radius 1 is 0.882 bits per heavy atom. The zero-order valence-electron chi connectivity index (χ0n) is 19.9. The van der Waals surface area contributed by atoms with E-state index in [0.29, 0.717) is 37.6 Å². The summed E-state index contributed by atoms with van der Waals surface area (Å²) in [7, 11) is 0. The number of para-hydroxylation sites is 1. The van der Waals surface area contributed by atoms with Crippen LogP contribution in [-0.4, -0.2) is 66.3 Å². The van der Waals surface area contributed by atoms with Gasteiger partial charge in [-0.15, -0.1) is 0 Å². The Morgan fingerprint density at radius 3 is 2.26 bits per heavy atom. The van der Waals surface area contributed by atoms with Crippen LogP contribution in [0.25, 0.3) is 11.5 Å². The molecule has 174 valence electrons. The van der Waals surface area contributed by atoms with Crippen molar-refractivity contribution in [3.63, 3.8) is 0 Å². The Bertz CT molecular complexity index is 1330. The molecular weight excluding hydrogens is 428 g/mol. The summed E-state index contributed by atoms with van der Waals surface area (Å²) in [5.74, 6) is 2.40. The number of imidazole rings is 1. The van der Waals surface area contributed by atoms with Crippen LogP contribution in [0.5, 0.6) is 0 Å². The minimum atomic E-state index is 0.0170. The highest BCUT2D eigenvalue weighted by atomic mass is 16.2. The first-order valence-electron chi connectivity index (χ1n) is 11.4. The summed E-state index contributed by atoms with van der Waals surface area (Å²) >= 11 is 0. The predicted octanol–water partition coefficient (Wildman–Crippen LogP) is 3.04. The molecule has 9 heteroatoms. The molecule has 0 bridgehead atoms. The Morgan fingerprint density at radius 2 is 1.59 bits per heavy atom. The maximum absolute atomic E-state index is 13.3. The van der Waals surface area contributed by atoms with Crippen molar-refractivity contribution in [2.75, 3.05) is 31.1 Å². The summed E-state index contributed by atoms with van der Waals surface area (Å²) in [6, 6.07) is 11.9. The van der Waals surface area contributed by atoms with Crippen LogP contribution in [-0.2, 0) is 0 Å². The fourth-order valence-electron chi connectivity index (χ4n) is 4.31. The van der Waals surface area contributed by atoms with Gasteiger partial charge in [-0.1, -0.05) is 18.2 Å². The molecule has 0 unspecified atom stereocenters. The van der Waals surface area contributed by atoms with Gasteiger partial charge in [0.1, 0.15) is 23.8 Å². The molecule has 4 aromatic rings. The zero-order valence-corrected chi connectivity index (χ0v) is 19.9. The van der Waals surface area contributed by atoms with Crippen molar-refractivity contribution in [2.45, 2.75) is 27.7 Å². The smallest absolute Gasteiger partial charge is 0.257 e. The van der Waals surface area contributed by atoms with Gasteiger partial charge in [0, 0.05) is 37.9 Å². The van der Waals surface area contributed by atoms with Crippen molar-refractivity contribution >= 4 is 11.7 Å². The molecule has 1 aromatic carbocycles. The standard InChI is InChI=1S/C25H28N8O/c1-17-18(2)32(16-26-17)24-14-23(28-20(4)29-24)30-10-12-31(13-11-30)25(34)22-15-27-33(19(22)3)21-8-6-5-7-9-21/h5-9,14-16H,10-13H2,1-4H3. The summed E-state index contributed by atoms with van der Waals surface area (Å²) in [6.07, 6.45) is 3.47. The highest BCUT2D eigenvalue weighted by molar-refractivity contribution is 5.95.